The first-order chi connectivity index (χ1) is 7.00. The van der Waals surface area contributed by atoms with Crippen molar-refractivity contribution in [2.45, 2.75) is 20.0 Å². The van der Waals surface area contributed by atoms with Gasteiger partial charge in [-0.15, -0.1) is 0 Å². The summed E-state index contributed by atoms with van der Waals surface area (Å²) in [6, 6.07) is 4.91. The highest BCUT2D eigenvalue weighted by Crippen LogP contribution is 2.22. The van der Waals surface area contributed by atoms with Crippen LogP contribution in [0.3, 0.4) is 0 Å². The molecule has 0 aromatic heterocycles. The van der Waals surface area contributed by atoms with Gasteiger partial charge >= 0.3 is 0 Å². The number of aliphatic hydroxyl groups excluding tert-OH is 1. The minimum Gasteiger partial charge on any atom is -0.392 e. The second kappa shape index (κ2) is 4.75. The van der Waals surface area contributed by atoms with Crippen molar-refractivity contribution in [3.8, 4) is 0 Å². The van der Waals surface area contributed by atoms with Crippen molar-refractivity contribution in [1.82, 2.24) is 0 Å². The van der Waals surface area contributed by atoms with Gasteiger partial charge in [0.25, 0.3) is 5.69 Å². The lowest BCUT2D eigenvalue weighted by Crippen LogP contribution is -2.15. The van der Waals surface area contributed by atoms with Crippen LogP contribution < -0.4 is 5.32 Å². The van der Waals surface area contributed by atoms with Crippen molar-refractivity contribution in [2.75, 3.05) is 11.9 Å². The predicted octanol–water partition coefficient (Wildman–Crippen LogP) is 1.70. The number of hydrogen-bond acceptors (Lipinski definition) is 4. The topological polar surface area (TPSA) is 75.4 Å². The number of nitro groups is 1. The van der Waals surface area contributed by atoms with Crippen molar-refractivity contribution < 1.29 is 10.0 Å². The standard InChI is InChI=1S/C10H14N2O3/c1-7-3-4-9(11-6-8(2)13)5-10(7)12(14)15/h3-5,8,11,13H,6H2,1-2H3. The first-order valence-corrected chi connectivity index (χ1v) is 4.67. The molecule has 0 aliphatic carbocycles. The molecule has 1 aromatic carbocycles. The Morgan fingerprint density at radius 2 is 2.27 bits per heavy atom. The van der Waals surface area contributed by atoms with Gasteiger partial charge in [-0.05, 0) is 19.9 Å². The van der Waals surface area contributed by atoms with Gasteiger partial charge < -0.3 is 10.4 Å². The molecule has 0 saturated heterocycles. The summed E-state index contributed by atoms with van der Waals surface area (Å²) in [5.41, 5.74) is 1.36. The molecule has 1 atom stereocenters. The van der Waals surface area contributed by atoms with E-state index in [1.165, 1.54) is 6.07 Å². The predicted molar refractivity (Wildman–Crippen MR) is 58.0 cm³/mol. The molecule has 0 spiro atoms. The summed E-state index contributed by atoms with van der Waals surface area (Å²) < 4.78 is 0. The van der Waals surface area contributed by atoms with Crippen LogP contribution in [0.5, 0.6) is 0 Å². The Bertz CT molecular complexity index is 364. The normalized spacial score (nSPS) is 12.2. The summed E-state index contributed by atoms with van der Waals surface area (Å²) in [6.45, 7) is 3.71. The third-order valence-electron chi connectivity index (χ3n) is 2.01. The van der Waals surface area contributed by atoms with Crippen molar-refractivity contribution in [3.05, 3.63) is 33.9 Å². The molecule has 0 aliphatic rings. The van der Waals surface area contributed by atoms with E-state index in [-0.39, 0.29) is 5.69 Å². The van der Waals surface area contributed by atoms with Crippen LogP contribution >= 0.6 is 0 Å². The average Bonchev–Trinajstić information content (AvgIpc) is 2.16. The number of nitro benzene ring substituents is 1. The van der Waals surface area contributed by atoms with Gasteiger partial charge in [0, 0.05) is 23.9 Å². The maximum Gasteiger partial charge on any atom is 0.274 e. The van der Waals surface area contributed by atoms with Crippen LogP contribution in [-0.4, -0.2) is 22.7 Å². The molecule has 0 heterocycles. The molecule has 2 N–H and O–H groups in total. The van der Waals surface area contributed by atoms with Crippen molar-refractivity contribution in [2.24, 2.45) is 0 Å². The highest BCUT2D eigenvalue weighted by atomic mass is 16.6. The Morgan fingerprint density at radius 3 is 2.80 bits per heavy atom. The quantitative estimate of drug-likeness (QED) is 0.585. The van der Waals surface area contributed by atoms with Crippen LogP contribution in [0.15, 0.2) is 18.2 Å². The van der Waals surface area contributed by atoms with Crippen LogP contribution in [-0.2, 0) is 0 Å². The number of nitrogens with zero attached hydrogens (tertiary/aromatic N) is 1. The van der Waals surface area contributed by atoms with E-state index in [1.54, 1.807) is 26.0 Å². The van der Waals surface area contributed by atoms with E-state index in [9.17, 15) is 10.1 Å². The van der Waals surface area contributed by atoms with E-state index >= 15 is 0 Å². The fourth-order valence-electron chi connectivity index (χ4n) is 1.18. The lowest BCUT2D eigenvalue weighted by Gasteiger charge is -2.08. The van der Waals surface area contributed by atoms with E-state index in [0.29, 0.717) is 17.8 Å². The molecule has 82 valence electrons. The zero-order valence-electron chi connectivity index (χ0n) is 8.73. The Kier molecular flexibility index (Phi) is 3.62. The van der Waals surface area contributed by atoms with Crippen molar-refractivity contribution in [3.63, 3.8) is 0 Å². The molecule has 0 aliphatic heterocycles. The van der Waals surface area contributed by atoms with Gasteiger partial charge in [-0.3, -0.25) is 10.1 Å². The monoisotopic (exact) mass is 210 g/mol. The maximum atomic E-state index is 10.6. The fourth-order valence-corrected chi connectivity index (χ4v) is 1.18. The van der Waals surface area contributed by atoms with Crippen molar-refractivity contribution >= 4 is 11.4 Å². The molecule has 5 heteroatoms. The van der Waals surface area contributed by atoms with Gasteiger partial charge in [-0.25, -0.2) is 0 Å². The molecular weight excluding hydrogens is 196 g/mol. The molecule has 1 rings (SSSR count). The summed E-state index contributed by atoms with van der Waals surface area (Å²) in [4.78, 5) is 10.2. The zero-order chi connectivity index (χ0) is 11.4. The molecule has 5 nitrogen and oxygen atoms in total. The highest BCUT2D eigenvalue weighted by molar-refractivity contribution is 5.54. The minimum absolute atomic E-state index is 0.0885. The summed E-state index contributed by atoms with van der Waals surface area (Å²) in [5, 5.41) is 22.6. The second-order valence-corrected chi connectivity index (χ2v) is 3.49. The summed E-state index contributed by atoms with van der Waals surface area (Å²) in [7, 11) is 0. The van der Waals surface area contributed by atoms with Gasteiger partial charge in [-0.1, -0.05) is 6.07 Å². The van der Waals surface area contributed by atoms with Gasteiger partial charge in [-0.2, -0.15) is 0 Å². The van der Waals surface area contributed by atoms with Gasteiger partial charge in [0.05, 0.1) is 11.0 Å². The largest absolute Gasteiger partial charge is 0.392 e. The van der Waals surface area contributed by atoms with E-state index < -0.39 is 11.0 Å². The van der Waals surface area contributed by atoms with Crippen LogP contribution in [0, 0.1) is 17.0 Å². The fraction of sp³-hybridized carbons (Fsp3) is 0.400. The third-order valence-corrected chi connectivity index (χ3v) is 2.01. The summed E-state index contributed by atoms with van der Waals surface area (Å²) in [6.07, 6.45) is -0.481. The molecule has 0 saturated carbocycles. The molecule has 0 radical (unpaired) electrons. The lowest BCUT2D eigenvalue weighted by molar-refractivity contribution is -0.385. The number of anilines is 1. The van der Waals surface area contributed by atoms with Gasteiger partial charge in [0.15, 0.2) is 0 Å². The Balaban J connectivity index is 2.83. The molecule has 1 unspecified atom stereocenters. The Labute approximate surface area is 87.9 Å². The number of nitrogens with one attached hydrogen (secondary N) is 1. The zero-order valence-corrected chi connectivity index (χ0v) is 8.73. The van der Waals surface area contributed by atoms with Crippen LogP contribution in [0.2, 0.25) is 0 Å². The lowest BCUT2D eigenvalue weighted by atomic mass is 10.2. The molecule has 15 heavy (non-hydrogen) atoms. The minimum atomic E-state index is -0.481. The van der Waals surface area contributed by atoms with E-state index in [4.69, 9.17) is 5.11 Å². The van der Waals surface area contributed by atoms with E-state index in [1.807, 2.05) is 0 Å². The van der Waals surface area contributed by atoms with Gasteiger partial charge in [0.2, 0.25) is 0 Å². The van der Waals surface area contributed by atoms with Crippen LogP contribution in [0.4, 0.5) is 11.4 Å². The average molecular weight is 210 g/mol. The van der Waals surface area contributed by atoms with Crippen molar-refractivity contribution in [1.29, 1.82) is 0 Å². The number of hydrogen-bond donors (Lipinski definition) is 2. The number of aliphatic hydroxyl groups is 1. The Morgan fingerprint density at radius 1 is 1.60 bits per heavy atom. The van der Waals surface area contributed by atoms with Crippen LogP contribution in [0.25, 0.3) is 0 Å². The summed E-state index contributed by atoms with van der Waals surface area (Å²) >= 11 is 0. The highest BCUT2D eigenvalue weighted by Gasteiger charge is 2.10. The molecular formula is C10H14N2O3. The SMILES string of the molecule is Cc1ccc(NCC(C)O)cc1[N+](=O)[O-]. The Hall–Kier alpha value is -1.62. The first kappa shape index (κ1) is 11.5. The number of aryl methyl sites for hydroxylation is 1. The molecule has 1 aromatic rings. The number of rotatable bonds is 4. The molecule has 0 amide bonds. The second-order valence-electron chi connectivity index (χ2n) is 3.49. The van der Waals surface area contributed by atoms with E-state index in [2.05, 4.69) is 5.32 Å². The third kappa shape index (κ3) is 3.21. The molecule has 0 bridgehead atoms. The maximum absolute atomic E-state index is 10.6. The van der Waals surface area contributed by atoms with Gasteiger partial charge in [0.1, 0.15) is 0 Å². The number of benzene rings is 1. The first-order valence-electron chi connectivity index (χ1n) is 4.67. The molecule has 0 fully saturated rings. The van der Waals surface area contributed by atoms with Crippen LogP contribution in [0.1, 0.15) is 12.5 Å². The summed E-state index contributed by atoms with van der Waals surface area (Å²) in [5.74, 6) is 0. The smallest absolute Gasteiger partial charge is 0.274 e. The van der Waals surface area contributed by atoms with E-state index in [0.717, 1.165) is 0 Å².